The average molecular weight is 343 g/mol. The van der Waals surface area contributed by atoms with Crippen LogP contribution >= 0.6 is 15.9 Å². The van der Waals surface area contributed by atoms with E-state index in [-0.39, 0.29) is 22.3 Å². The second kappa shape index (κ2) is 6.20. The van der Waals surface area contributed by atoms with E-state index in [1.54, 1.807) is 4.90 Å². The minimum absolute atomic E-state index is 0.0904. The number of carbonyl (C=O) groups excluding carboxylic acids is 1. The van der Waals surface area contributed by atoms with Crippen molar-refractivity contribution < 1.29 is 18.7 Å². The summed E-state index contributed by atoms with van der Waals surface area (Å²) in [4.78, 5) is 13.3. The van der Waals surface area contributed by atoms with E-state index in [1.165, 1.54) is 19.2 Å². The van der Waals surface area contributed by atoms with Crippen molar-refractivity contribution in [3.63, 3.8) is 0 Å². The van der Waals surface area contributed by atoms with E-state index in [4.69, 9.17) is 14.7 Å². The van der Waals surface area contributed by atoms with Gasteiger partial charge in [0.15, 0.2) is 11.9 Å². The molecule has 20 heavy (non-hydrogen) atoms. The largest absolute Gasteiger partial charge is 0.467 e. The van der Waals surface area contributed by atoms with Crippen molar-refractivity contribution >= 4 is 27.6 Å². The van der Waals surface area contributed by atoms with Crippen molar-refractivity contribution in [2.45, 2.75) is 6.04 Å². The molecule has 1 fully saturated rings. The van der Waals surface area contributed by atoms with Gasteiger partial charge in [-0.25, -0.2) is 9.18 Å². The van der Waals surface area contributed by atoms with E-state index < -0.39 is 17.8 Å². The topological polar surface area (TPSA) is 62.6 Å². The van der Waals surface area contributed by atoms with Crippen molar-refractivity contribution in [2.24, 2.45) is 0 Å². The van der Waals surface area contributed by atoms with E-state index in [9.17, 15) is 9.18 Å². The Hall–Kier alpha value is -1.65. The van der Waals surface area contributed by atoms with Gasteiger partial charge in [-0.05, 0) is 28.1 Å². The number of anilines is 1. The normalized spacial score (nSPS) is 18.5. The molecule has 0 aromatic heterocycles. The number of halogens is 2. The second-order valence-corrected chi connectivity index (χ2v) is 4.97. The molecule has 1 aliphatic rings. The summed E-state index contributed by atoms with van der Waals surface area (Å²) in [5.41, 5.74) is 0.448. The van der Waals surface area contributed by atoms with Crippen molar-refractivity contribution in [2.75, 3.05) is 31.8 Å². The summed E-state index contributed by atoms with van der Waals surface area (Å²) in [7, 11) is 1.28. The first-order valence-electron chi connectivity index (χ1n) is 5.90. The Morgan fingerprint density at radius 1 is 1.65 bits per heavy atom. The summed E-state index contributed by atoms with van der Waals surface area (Å²) in [5.74, 6) is -1.05. The van der Waals surface area contributed by atoms with Gasteiger partial charge in [-0.1, -0.05) is 0 Å². The maximum atomic E-state index is 14.3. The molecule has 0 radical (unpaired) electrons. The number of carbonyl (C=O) groups is 1. The molecule has 1 aromatic rings. The Labute approximate surface area is 124 Å². The molecule has 0 bridgehead atoms. The van der Waals surface area contributed by atoms with Crippen LogP contribution in [0.4, 0.5) is 10.1 Å². The molecule has 1 aromatic carbocycles. The van der Waals surface area contributed by atoms with E-state index in [0.717, 1.165) is 0 Å². The van der Waals surface area contributed by atoms with Crippen LogP contribution in [0.5, 0.6) is 0 Å². The minimum atomic E-state index is -0.692. The fourth-order valence-corrected chi connectivity index (χ4v) is 2.49. The number of morpholine rings is 1. The zero-order valence-corrected chi connectivity index (χ0v) is 12.3. The molecule has 1 atom stereocenters. The molecule has 7 heteroatoms. The monoisotopic (exact) mass is 342 g/mol. The van der Waals surface area contributed by atoms with Gasteiger partial charge in [-0.3, -0.25) is 0 Å². The molecular formula is C13H12BrFN2O3. The number of ether oxygens (including phenoxy) is 2. The Kier molecular flexibility index (Phi) is 4.57. The number of methoxy groups -OCH3 is 1. The zero-order valence-electron chi connectivity index (χ0n) is 10.7. The predicted molar refractivity (Wildman–Crippen MR) is 72.8 cm³/mol. The summed E-state index contributed by atoms with van der Waals surface area (Å²) in [6.45, 7) is 0.906. The number of rotatable bonds is 2. The van der Waals surface area contributed by atoms with Crippen molar-refractivity contribution in [3.05, 3.63) is 28.0 Å². The molecule has 0 spiro atoms. The third-order valence-electron chi connectivity index (χ3n) is 3.09. The molecule has 5 nitrogen and oxygen atoms in total. The fraction of sp³-hybridized carbons (Fsp3) is 0.385. The van der Waals surface area contributed by atoms with Gasteiger partial charge in [-0.15, -0.1) is 0 Å². The molecule has 0 saturated carbocycles. The number of hydrogen-bond acceptors (Lipinski definition) is 5. The molecule has 1 saturated heterocycles. The van der Waals surface area contributed by atoms with Crippen LogP contribution in [-0.2, 0) is 14.3 Å². The van der Waals surface area contributed by atoms with Crippen LogP contribution in [0.15, 0.2) is 16.6 Å². The lowest BCUT2D eigenvalue weighted by molar-refractivity contribution is -0.144. The van der Waals surface area contributed by atoms with Gasteiger partial charge >= 0.3 is 5.97 Å². The smallest absolute Gasteiger partial charge is 0.330 e. The quantitative estimate of drug-likeness (QED) is 0.767. The lowest BCUT2D eigenvalue weighted by Crippen LogP contribution is -2.51. The van der Waals surface area contributed by atoms with E-state index in [0.29, 0.717) is 13.2 Å². The molecule has 0 amide bonds. The molecule has 1 unspecified atom stereocenters. The highest BCUT2D eigenvalue weighted by molar-refractivity contribution is 9.10. The van der Waals surface area contributed by atoms with Gasteiger partial charge in [0, 0.05) is 6.54 Å². The van der Waals surface area contributed by atoms with Crippen molar-refractivity contribution in [1.82, 2.24) is 0 Å². The second-order valence-electron chi connectivity index (χ2n) is 4.18. The summed E-state index contributed by atoms with van der Waals surface area (Å²) >= 11 is 3.06. The summed E-state index contributed by atoms with van der Waals surface area (Å²) in [6.07, 6.45) is 0. The number of esters is 1. The average Bonchev–Trinajstić information content (AvgIpc) is 2.49. The van der Waals surface area contributed by atoms with Gasteiger partial charge < -0.3 is 14.4 Å². The van der Waals surface area contributed by atoms with E-state index in [2.05, 4.69) is 15.9 Å². The van der Waals surface area contributed by atoms with Crippen LogP contribution in [-0.4, -0.2) is 38.9 Å². The van der Waals surface area contributed by atoms with Crippen LogP contribution in [0.2, 0.25) is 0 Å². The first-order chi connectivity index (χ1) is 9.60. The van der Waals surface area contributed by atoms with E-state index >= 15 is 0 Å². The summed E-state index contributed by atoms with van der Waals surface area (Å²) < 4.78 is 24.4. The first-order valence-corrected chi connectivity index (χ1v) is 6.69. The van der Waals surface area contributed by atoms with Crippen molar-refractivity contribution in [3.8, 4) is 6.07 Å². The zero-order chi connectivity index (χ0) is 14.7. The van der Waals surface area contributed by atoms with Gasteiger partial charge in [0.05, 0.1) is 36.0 Å². The Morgan fingerprint density at radius 2 is 2.40 bits per heavy atom. The molecule has 2 rings (SSSR count). The standard InChI is InChI=1S/C13H12BrFN2O3/c1-19-13(18)10-7-20-5-4-17(10)9-3-2-8(6-16)11(14)12(9)15/h2-3,10H,4-5,7H2,1H3. The number of nitrogens with zero attached hydrogens (tertiary/aromatic N) is 2. The number of hydrogen-bond donors (Lipinski definition) is 0. The minimum Gasteiger partial charge on any atom is -0.467 e. The highest BCUT2D eigenvalue weighted by Gasteiger charge is 2.32. The first kappa shape index (κ1) is 14.8. The Morgan fingerprint density at radius 3 is 3.05 bits per heavy atom. The van der Waals surface area contributed by atoms with Gasteiger partial charge in [0.25, 0.3) is 0 Å². The Balaban J connectivity index is 2.41. The maximum absolute atomic E-state index is 14.3. The van der Waals surface area contributed by atoms with Gasteiger partial charge in [0.1, 0.15) is 6.07 Å². The van der Waals surface area contributed by atoms with Crippen LogP contribution in [0, 0.1) is 17.1 Å². The van der Waals surface area contributed by atoms with Crippen LogP contribution in [0.25, 0.3) is 0 Å². The predicted octanol–water partition coefficient (Wildman–Crippen LogP) is 1.84. The Bertz CT molecular complexity index is 573. The van der Waals surface area contributed by atoms with Crippen LogP contribution in [0.1, 0.15) is 5.56 Å². The maximum Gasteiger partial charge on any atom is 0.330 e. The highest BCUT2D eigenvalue weighted by Crippen LogP contribution is 2.31. The molecular weight excluding hydrogens is 331 g/mol. The van der Waals surface area contributed by atoms with Gasteiger partial charge in [-0.2, -0.15) is 5.26 Å². The number of nitriles is 1. The fourth-order valence-electron chi connectivity index (χ4n) is 2.07. The summed E-state index contributed by atoms with van der Waals surface area (Å²) in [6, 6.07) is 4.19. The third-order valence-corrected chi connectivity index (χ3v) is 3.87. The molecule has 0 N–H and O–H groups in total. The lowest BCUT2D eigenvalue weighted by atomic mass is 10.1. The lowest BCUT2D eigenvalue weighted by Gasteiger charge is -2.35. The molecule has 106 valence electrons. The third kappa shape index (κ3) is 2.62. The number of benzene rings is 1. The molecule has 1 aliphatic heterocycles. The highest BCUT2D eigenvalue weighted by atomic mass is 79.9. The van der Waals surface area contributed by atoms with Crippen LogP contribution in [0.3, 0.4) is 0 Å². The SMILES string of the molecule is COC(=O)C1COCCN1c1ccc(C#N)c(Br)c1F. The van der Waals surface area contributed by atoms with E-state index in [1.807, 2.05) is 6.07 Å². The molecule has 0 aliphatic carbocycles. The van der Waals surface area contributed by atoms with Gasteiger partial charge in [0.2, 0.25) is 0 Å². The summed E-state index contributed by atoms with van der Waals surface area (Å²) in [5, 5.41) is 8.87. The molecule has 1 heterocycles. The van der Waals surface area contributed by atoms with Crippen molar-refractivity contribution in [1.29, 1.82) is 5.26 Å². The van der Waals surface area contributed by atoms with Crippen LogP contribution < -0.4 is 4.90 Å².